The van der Waals surface area contributed by atoms with Gasteiger partial charge in [-0.05, 0) is 44.4 Å². The number of aromatic nitrogens is 1. The molecule has 19 heavy (non-hydrogen) atoms. The molecule has 0 saturated carbocycles. The van der Waals surface area contributed by atoms with Crippen LogP contribution in [0.3, 0.4) is 0 Å². The number of hydrogen-bond acceptors (Lipinski definition) is 4. The Bertz CT molecular complexity index is 470. The molecule has 0 bridgehead atoms. The maximum absolute atomic E-state index is 11.2. The van der Waals surface area contributed by atoms with Crippen LogP contribution >= 0.6 is 0 Å². The van der Waals surface area contributed by atoms with E-state index in [0.29, 0.717) is 17.8 Å². The summed E-state index contributed by atoms with van der Waals surface area (Å²) >= 11 is 0. The third kappa shape index (κ3) is 2.42. The topological polar surface area (TPSA) is 71.2 Å². The van der Waals surface area contributed by atoms with Crippen molar-refractivity contribution in [3.8, 4) is 0 Å². The average Bonchev–Trinajstić information content (AvgIpc) is 3.09. The second kappa shape index (κ2) is 5.17. The van der Waals surface area contributed by atoms with Crippen LogP contribution in [-0.2, 0) is 0 Å². The van der Waals surface area contributed by atoms with Crippen LogP contribution in [0.25, 0.3) is 0 Å². The molecule has 0 aromatic carbocycles. The zero-order valence-corrected chi connectivity index (χ0v) is 11.0. The molecule has 2 fully saturated rings. The van der Waals surface area contributed by atoms with Crippen molar-refractivity contribution in [3.05, 3.63) is 24.0 Å². The zero-order valence-electron chi connectivity index (χ0n) is 11.0. The van der Waals surface area contributed by atoms with Crippen LogP contribution in [0.1, 0.15) is 36.2 Å². The van der Waals surface area contributed by atoms with Crippen molar-refractivity contribution in [2.24, 2.45) is 5.73 Å². The number of carbonyl (C=O) groups is 1. The standard InChI is InChI=1S/C14H20N4O/c15-14(19)12-9-10(5-7-17-12)18-8-2-4-13(18)11-3-1-6-16-11/h5,7,9,11,13,16H,1-4,6,8H2,(H2,15,19). The number of primary amides is 1. The molecule has 3 rings (SSSR count). The summed E-state index contributed by atoms with van der Waals surface area (Å²) in [6.07, 6.45) is 6.60. The first-order chi connectivity index (χ1) is 9.25. The molecule has 1 aromatic heterocycles. The summed E-state index contributed by atoms with van der Waals surface area (Å²) in [5.74, 6) is -0.461. The Morgan fingerprint density at radius 1 is 1.42 bits per heavy atom. The van der Waals surface area contributed by atoms with Crippen molar-refractivity contribution < 1.29 is 4.79 Å². The monoisotopic (exact) mass is 260 g/mol. The number of amides is 1. The van der Waals surface area contributed by atoms with Gasteiger partial charge in [0.05, 0.1) is 0 Å². The molecule has 0 radical (unpaired) electrons. The summed E-state index contributed by atoms with van der Waals surface area (Å²) in [4.78, 5) is 17.7. The van der Waals surface area contributed by atoms with Crippen LogP contribution in [-0.4, -0.2) is 36.1 Å². The summed E-state index contributed by atoms with van der Waals surface area (Å²) in [7, 11) is 0. The SMILES string of the molecule is NC(=O)c1cc(N2CCCC2C2CCCN2)ccn1. The molecular formula is C14H20N4O. The number of nitrogens with one attached hydrogen (secondary N) is 1. The van der Waals surface area contributed by atoms with Crippen LogP contribution in [0.5, 0.6) is 0 Å². The van der Waals surface area contributed by atoms with Gasteiger partial charge in [-0.1, -0.05) is 0 Å². The molecule has 2 aliphatic heterocycles. The Balaban J connectivity index is 1.83. The number of hydrogen-bond donors (Lipinski definition) is 2. The molecular weight excluding hydrogens is 240 g/mol. The van der Waals surface area contributed by atoms with Gasteiger partial charge in [-0.3, -0.25) is 9.78 Å². The third-order valence-electron chi connectivity index (χ3n) is 4.19. The van der Waals surface area contributed by atoms with E-state index in [9.17, 15) is 4.79 Å². The lowest BCUT2D eigenvalue weighted by Gasteiger charge is -2.31. The van der Waals surface area contributed by atoms with E-state index in [-0.39, 0.29) is 0 Å². The van der Waals surface area contributed by atoms with Gasteiger partial charge < -0.3 is 16.0 Å². The van der Waals surface area contributed by atoms with E-state index in [1.54, 1.807) is 6.20 Å². The third-order valence-corrected chi connectivity index (χ3v) is 4.19. The molecule has 102 valence electrons. The number of pyridine rings is 1. The second-order valence-electron chi connectivity index (χ2n) is 5.37. The van der Waals surface area contributed by atoms with Gasteiger partial charge >= 0.3 is 0 Å². The average molecular weight is 260 g/mol. The van der Waals surface area contributed by atoms with Crippen LogP contribution in [0.2, 0.25) is 0 Å². The van der Waals surface area contributed by atoms with E-state index in [2.05, 4.69) is 15.2 Å². The van der Waals surface area contributed by atoms with E-state index in [1.165, 1.54) is 25.7 Å². The normalized spacial score (nSPS) is 26.8. The Kier molecular flexibility index (Phi) is 3.38. The van der Waals surface area contributed by atoms with Crippen LogP contribution in [0.4, 0.5) is 5.69 Å². The second-order valence-corrected chi connectivity index (χ2v) is 5.37. The van der Waals surface area contributed by atoms with Gasteiger partial charge in [0.25, 0.3) is 5.91 Å². The molecule has 2 aliphatic rings. The Hall–Kier alpha value is -1.62. The minimum Gasteiger partial charge on any atom is -0.367 e. The highest BCUT2D eigenvalue weighted by atomic mass is 16.1. The molecule has 5 heteroatoms. The minimum atomic E-state index is -0.461. The highest BCUT2D eigenvalue weighted by Gasteiger charge is 2.33. The predicted octanol–water partition coefficient (Wildman–Crippen LogP) is 0.901. The smallest absolute Gasteiger partial charge is 0.267 e. The van der Waals surface area contributed by atoms with Gasteiger partial charge in [0.1, 0.15) is 5.69 Å². The predicted molar refractivity (Wildman–Crippen MR) is 74.1 cm³/mol. The molecule has 1 aromatic rings. The van der Waals surface area contributed by atoms with Crippen LogP contribution < -0.4 is 16.0 Å². The van der Waals surface area contributed by atoms with E-state index in [0.717, 1.165) is 18.8 Å². The summed E-state index contributed by atoms with van der Waals surface area (Å²) in [5, 5.41) is 3.59. The van der Waals surface area contributed by atoms with Crippen LogP contribution in [0.15, 0.2) is 18.3 Å². The van der Waals surface area contributed by atoms with Crippen molar-refractivity contribution in [2.75, 3.05) is 18.0 Å². The molecule has 0 aliphatic carbocycles. The van der Waals surface area contributed by atoms with Gasteiger partial charge in [0, 0.05) is 30.5 Å². The Morgan fingerprint density at radius 2 is 2.32 bits per heavy atom. The van der Waals surface area contributed by atoms with Crippen molar-refractivity contribution in [3.63, 3.8) is 0 Å². The van der Waals surface area contributed by atoms with Crippen molar-refractivity contribution in [1.29, 1.82) is 0 Å². The van der Waals surface area contributed by atoms with Gasteiger partial charge in [0.2, 0.25) is 0 Å². The lowest BCUT2D eigenvalue weighted by Crippen LogP contribution is -2.44. The largest absolute Gasteiger partial charge is 0.367 e. The molecule has 2 saturated heterocycles. The number of nitrogens with two attached hydrogens (primary N) is 1. The summed E-state index contributed by atoms with van der Waals surface area (Å²) in [6, 6.07) is 4.90. The van der Waals surface area contributed by atoms with Gasteiger partial charge in [-0.15, -0.1) is 0 Å². The van der Waals surface area contributed by atoms with Crippen molar-refractivity contribution >= 4 is 11.6 Å². The van der Waals surface area contributed by atoms with E-state index >= 15 is 0 Å². The molecule has 0 spiro atoms. The number of rotatable bonds is 3. The quantitative estimate of drug-likeness (QED) is 0.847. The van der Waals surface area contributed by atoms with E-state index in [1.807, 2.05) is 12.1 Å². The van der Waals surface area contributed by atoms with Gasteiger partial charge in [0.15, 0.2) is 0 Å². The molecule has 1 amide bonds. The highest BCUT2D eigenvalue weighted by molar-refractivity contribution is 5.91. The lowest BCUT2D eigenvalue weighted by molar-refractivity contribution is 0.0995. The molecule has 2 unspecified atom stereocenters. The van der Waals surface area contributed by atoms with E-state index in [4.69, 9.17) is 5.73 Å². The molecule has 3 N–H and O–H groups in total. The van der Waals surface area contributed by atoms with Crippen LogP contribution in [0, 0.1) is 0 Å². The first-order valence-electron chi connectivity index (χ1n) is 7.01. The summed E-state index contributed by atoms with van der Waals surface area (Å²) in [5.41, 5.74) is 6.72. The zero-order chi connectivity index (χ0) is 13.2. The maximum atomic E-state index is 11.2. The summed E-state index contributed by atoms with van der Waals surface area (Å²) < 4.78 is 0. The van der Waals surface area contributed by atoms with Crippen molar-refractivity contribution in [2.45, 2.75) is 37.8 Å². The molecule has 5 nitrogen and oxygen atoms in total. The van der Waals surface area contributed by atoms with Gasteiger partial charge in [-0.25, -0.2) is 0 Å². The molecule has 3 heterocycles. The fourth-order valence-corrected chi connectivity index (χ4v) is 3.30. The van der Waals surface area contributed by atoms with Crippen molar-refractivity contribution in [1.82, 2.24) is 10.3 Å². The number of carbonyl (C=O) groups excluding carboxylic acids is 1. The minimum absolute atomic E-state index is 0.350. The fraction of sp³-hybridized carbons (Fsp3) is 0.571. The summed E-state index contributed by atoms with van der Waals surface area (Å²) in [6.45, 7) is 2.17. The Labute approximate surface area is 113 Å². The lowest BCUT2D eigenvalue weighted by atomic mass is 10.0. The highest BCUT2D eigenvalue weighted by Crippen LogP contribution is 2.30. The first-order valence-corrected chi connectivity index (χ1v) is 7.01. The first kappa shape index (κ1) is 12.4. The van der Waals surface area contributed by atoms with E-state index < -0.39 is 5.91 Å². The number of anilines is 1. The maximum Gasteiger partial charge on any atom is 0.267 e. The van der Waals surface area contributed by atoms with Gasteiger partial charge in [-0.2, -0.15) is 0 Å². The Morgan fingerprint density at radius 3 is 3.05 bits per heavy atom. The molecule has 2 atom stereocenters. The number of nitrogens with zero attached hydrogens (tertiary/aromatic N) is 2. The fourth-order valence-electron chi connectivity index (χ4n) is 3.30.